The van der Waals surface area contributed by atoms with Crippen molar-refractivity contribution >= 4 is 23.8 Å². The first kappa shape index (κ1) is 18.1. The Kier molecular flexibility index (Phi) is 5.75. The minimum absolute atomic E-state index is 0.377. The van der Waals surface area contributed by atoms with Gasteiger partial charge in [0.1, 0.15) is 11.1 Å². The van der Waals surface area contributed by atoms with Crippen LogP contribution in [0.2, 0.25) is 0 Å². The molecule has 0 aliphatic carbocycles. The number of nitrogens with zero attached hydrogens (tertiary/aromatic N) is 2. The molecular weight excluding hydrogens is 300 g/mol. The molecule has 23 heavy (non-hydrogen) atoms. The summed E-state index contributed by atoms with van der Waals surface area (Å²) in [4.78, 5) is 25.6. The largest absolute Gasteiger partial charge is 0.476 e. The standard InChI is InChI=1S/C15H18N4O4/c1-9-10(8-12(13(20)21)18-19-16)6-5-7-11(9)17-14(22)23-15(2,3)4/h5-8,16H,1-4H3,(H-,17,20,21,22)/p+1. The number of rotatable bonds is 4. The number of hydrogen-bond acceptors (Lipinski definition) is 5. The number of carbonyl (C=O) groups excluding carboxylic acids is 1. The van der Waals surface area contributed by atoms with Crippen LogP contribution in [0.5, 0.6) is 0 Å². The molecule has 0 atom stereocenters. The topological polar surface area (TPSA) is 126 Å². The molecule has 0 saturated heterocycles. The molecule has 0 saturated carbocycles. The van der Waals surface area contributed by atoms with Gasteiger partial charge in [-0.15, -0.1) is 0 Å². The number of nitrogens with one attached hydrogen (secondary N) is 2. The molecule has 0 aromatic heterocycles. The van der Waals surface area contributed by atoms with E-state index in [2.05, 4.69) is 15.3 Å². The molecule has 0 aliphatic rings. The highest BCUT2D eigenvalue weighted by Gasteiger charge is 2.18. The van der Waals surface area contributed by atoms with Gasteiger partial charge in [-0.25, -0.2) is 9.59 Å². The van der Waals surface area contributed by atoms with Crippen LogP contribution < -0.4 is 10.2 Å². The average Bonchev–Trinajstić information content (AvgIpc) is 2.40. The second-order valence-corrected chi connectivity index (χ2v) is 5.68. The summed E-state index contributed by atoms with van der Waals surface area (Å²) in [5.41, 5.74) is 7.30. The van der Waals surface area contributed by atoms with E-state index in [1.165, 1.54) is 6.08 Å². The summed E-state index contributed by atoms with van der Waals surface area (Å²) in [6.07, 6.45) is 0.668. The molecule has 1 aromatic rings. The Morgan fingerprint density at radius 1 is 1.39 bits per heavy atom. The molecule has 0 aliphatic heterocycles. The van der Waals surface area contributed by atoms with Crippen molar-refractivity contribution in [2.75, 3.05) is 5.32 Å². The van der Waals surface area contributed by atoms with Gasteiger partial charge in [0.15, 0.2) is 5.11 Å². The van der Waals surface area contributed by atoms with Crippen LogP contribution in [0.25, 0.3) is 6.08 Å². The minimum atomic E-state index is -1.30. The second kappa shape index (κ2) is 7.33. The summed E-state index contributed by atoms with van der Waals surface area (Å²) < 4.78 is 5.18. The first-order valence-electron chi connectivity index (χ1n) is 6.76. The van der Waals surface area contributed by atoms with Crippen LogP contribution in [-0.2, 0) is 9.53 Å². The molecule has 0 unspecified atom stereocenters. The third kappa shape index (κ3) is 5.72. The maximum atomic E-state index is 11.8. The van der Waals surface area contributed by atoms with Crippen molar-refractivity contribution < 1.29 is 19.4 Å². The molecule has 3 N–H and O–H groups in total. The van der Waals surface area contributed by atoms with Crippen molar-refractivity contribution in [3.05, 3.63) is 35.0 Å². The number of carbonyl (C=O) groups is 2. The normalized spacial score (nSPS) is 11.4. The van der Waals surface area contributed by atoms with Crippen molar-refractivity contribution in [3.8, 4) is 0 Å². The summed E-state index contributed by atoms with van der Waals surface area (Å²) in [6, 6.07) is 4.99. The number of hydrogen-bond donors (Lipinski definition) is 3. The van der Waals surface area contributed by atoms with E-state index in [0.29, 0.717) is 16.8 Å². The lowest BCUT2D eigenvalue weighted by Crippen LogP contribution is -2.27. The van der Waals surface area contributed by atoms with E-state index >= 15 is 0 Å². The van der Waals surface area contributed by atoms with E-state index in [1.54, 1.807) is 45.9 Å². The van der Waals surface area contributed by atoms with Gasteiger partial charge in [-0.1, -0.05) is 12.1 Å². The molecule has 0 spiro atoms. The van der Waals surface area contributed by atoms with Gasteiger partial charge >= 0.3 is 12.1 Å². The Morgan fingerprint density at radius 2 is 2.04 bits per heavy atom. The average molecular weight is 319 g/mol. The van der Waals surface area contributed by atoms with Gasteiger partial charge in [0, 0.05) is 5.69 Å². The van der Waals surface area contributed by atoms with E-state index in [9.17, 15) is 9.59 Å². The molecule has 8 heteroatoms. The highest BCUT2D eigenvalue weighted by Crippen LogP contribution is 2.22. The zero-order valence-corrected chi connectivity index (χ0v) is 13.4. The van der Waals surface area contributed by atoms with E-state index < -0.39 is 17.7 Å². The maximum Gasteiger partial charge on any atom is 0.412 e. The third-order valence-corrected chi connectivity index (χ3v) is 2.68. The predicted octanol–water partition coefficient (Wildman–Crippen LogP) is 3.32. The number of ether oxygens (including phenoxy) is 1. The molecule has 0 bridgehead atoms. The van der Waals surface area contributed by atoms with Crippen LogP contribution >= 0.6 is 0 Å². The second-order valence-electron chi connectivity index (χ2n) is 5.68. The highest BCUT2D eigenvalue weighted by molar-refractivity contribution is 5.93. The van der Waals surface area contributed by atoms with Crippen molar-refractivity contribution in [2.24, 2.45) is 5.11 Å². The smallest absolute Gasteiger partial charge is 0.412 e. The van der Waals surface area contributed by atoms with Gasteiger partial charge in [-0.3, -0.25) is 5.32 Å². The van der Waals surface area contributed by atoms with Crippen molar-refractivity contribution in [1.82, 2.24) is 4.91 Å². The fourth-order valence-electron chi connectivity index (χ4n) is 1.69. The molecule has 0 radical (unpaired) electrons. The SMILES string of the molecule is Cc1c(C=C(N=[N+]=N)C(=O)O)cccc1NC(=O)OC(C)(C)C. The fourth-order valence-corrected chi connectivity index (χ4v) is 1.69. The molecule has 8 nitrogen and oxygen atoms in total. The van der Waals surface area contributed by atoms with Gasteiger partial charge in [-0.05, 0) is 51.0 Å². The van der Waals surface area contributed by atoms with E-state index in [4.69, 9.17) is 15.4 Å². The Morgan fingerprint density at radius 3 is 2.57 bits per heavy atom. The molecule has 1 rings (SSSR count). The summed E-state index contributed by atoms with van der Waals surface area (Å²) in [7, 11) is 0. The predicted molar refractivity (Wildman–Crippen MR) is 83.9 cm³/mol. The lowest BCUT2D eigenvalue weighted by molar-refractivity contribution is -0.132. The molecule has 0 heterocycles. The van der Waals surface area contributed by atoms with E-state index in [-0.39, 0.29) is 5.70 Å². The zero-order chi connectivity index (χ0) is 17.6. The van der Waals surface area contributed by atoms with E-state index in [1.807, 2.05) is 0 Å². The zero-order valence-electron chi connectivity index (χ0n) is 13.4. The first-order valence-corrected chi connectivity index (χ1v) is 6.76. The molecule has 0 fully saturated rings. The summed E-state index contributed by atoms with van der Waals surface area (Å²) in [6.45, 7) is 6.98. The summed E-state index contributed by atoms with van der Waals surface area (Å²) >= 11 is 0. The number of amides is 1. The Hall–Kier alpha value is -2.99. The Bertz CT molecular complexity index is 694. The Labute approximate surface area is 133 Å². The first-order chi connectivity index (χ1) is 10.6. The van der Waals surface area contributed by atoms with E-state index in [0.717, 1.165) is 0 Å². The number of anilines is 1. The van der Waals surface area contributed by atoms with Crippen LogP contribution in [0, 0.1) is 12.5 Å². The number of carboxylic acids is 1. The monoisotopic (exact) mass is 319 g/mol. The maximum absolute atomic E-state index is 11.8. The van der Waals surface area contributed by atoms with Crippen LogP contribution in [0.4, 0.5) is 10.5 Å². The fraction of sp³-hybridized carbons (Fsp3) is 0.333. The van der Waals surface area contributed by atoms with Crippen molar-refractivity contribution in [1.29, 1.82) is 5.53 Å². The summed E-state index contributed by atoms with van der Waals surface area (Å²) in [5, 5.41) is 14.9. The molecule has 1 aromatic carbocycles. The minimum Gasteiger partial charge on any atom is -0.476 e. The molecule has 122 valence electrons. The number of benzene rings is 1. The van der Waals surface area contributed by atoms with Crippen LogP contribution in [0.15, 0.2) is 29.0 Å². The van der Waals surface area contributed by atoms with Crippen molar-refractivity contribution in [3.63, 3.8) is 0 Å². The highest BCUT2D eigenvalue weighted by atomic mass is 16.6. The van der Waals surface area contributed by atoms with Gasteiger partial charge < -0.3 is 9.84 Å². The lowest BCUT2D eigenvalue weighted by atomic mass is 10.1. The molecule has 1 amide bonds. The van der Waals surface area contributed by atoms with Gasteiger partial charge in [-0.2, -0.15) is 0 Å². The quantitative estimate of drug-likeness (QED) is 0.447. The van der Waals surface area contributed by atoms with Crippen LogP contribution in [-0.4, -0.2) is 22.8 Å². The Balaban J connectivity index is 3.12. The third-order valence-electron chi connectivity index (χ3n) is 2.68. The van der Waals surface area contributed by atoms with Gasteiger partial charge in [0.05, 0.1) is 0 Å². The molecular formula is C15H19N4O4+. The number of aliphatic carboxylic acids is 1. The number of carboxylic acid groups (broad SMARTS) is 1. The van der Waals surface area contributed by atoms with Gasteiger partial charge in [0.2, 0.25) is 10.6 Å². The summed E-state index contributed by atoms with van der Waals surface area (Å²) in [5.74, 6) is -1.30. The van der Waals surface area contributed by atoms with Gasteiger partial charge in [0.25, 0.3) is 0 Å². The van der Waals surface area contributed by atoms with Crippen molar-refractivity contribution in [2.45, 2.75) is 33.3 Å². The lowest BCUT2D eigenvalue weighted by Gasteiger charge is -2.20. The van der Waals surface area contributed by atoms with Crippen LogP contribution in [0.1, 0.15) is 31.9 Å². The van der Waals surface area contributed by atoms with Crippen LogP contribution in [0.3, 0.4) is 0 Å².